The fourth-order valence-corrected chi connectivity index (χ4v) is 7.83. The molecule has 6 rings (SSSR count). The van der Waals surface area contributed by atoms with Crippen LogP contribution in [0.25, 0.3) is 21.7 Å². The molecule has 0 radical (unpaired) electrons. The van der Waals surface area contributed by atoms with E-state index < -0.39 is 35.4 Å². The molecule has 0 aliphatic carbocycles. The number of hydrogen-bond donors (Lipinski definition) is 5. The molecule has 6 N–H and O–H groups in total. The molecule has 2 fully saturated rings. The average molecular weight is 786 g/mol. The number of hydrogen-bond acceptors (Lipinski definition) is 13. The highest BCUT2D eigenvalue weighted by Crippen LogP contribution is 2.32. The number of carbonyl (C=O) groups is 3. The number of carbonyl (C=O) groups excluding carboxylic acids is 3. The van der Waals surface area contributed by atoms with Crippen molar-refractivity contribution in [3.05, 3.63) is 71.4 Å². The van der Waals surface area contributed by atoms with Gasteiger partial charge in [0.2, 0.25) is 17.7 Å². The molecule has 3 atom stereocenters. The summed E-state index contributed by atoms with van der Waals surface area (Å²) in [5, 5.41) is 34.9. The van der Waals surface area contributed by atoms with Crippen LogP contribution in [0.15, 0.2) is 60.1 Å². The summed E-state index contributed by atoms with van der Waals surface area (Å²) >= 11 is 1.57. The number of para-hydroxylation sites is 1. The lowest BCUT2D eigenvalue weighted by molar-refractivity contribution is -0.144. The van der Waals surface area contributed by atoms with Crippen molar-refractivity contribution in [3.8, 4) is 27.4 Å². The van der Waals surface area contributed by atoms with Gasteiger partial charge in [-0.2, -0.15) is 0 Å². The van der Waals surface area contributed by atoms with Crippen molar-refractivity contribution in [3.63, 3.8) is 0 Å². The lowest BCUT2D eigenvalue weighted by Gasteiger charge is -2.36. The monoisotopic (exact) mass is 785 g/mol. The van der Waals surface area contributed by atoms with E-state index in [1.807, 2.05) is 69.6 Å². The third kappa shape index (κ3) is 9.79. The van der Waals surface area contributed by atoms with Crippen LogP contribution in [0.3, 0.4) is 0 Å². The van der Waals surface area contributed by atoms with Gasteiger partial charge in [-0.3, -0.25) is 19.3 Å². The highest BCUT2D eigenvalue weighted by atomic mass is 32.1. The normalized spacial score (nSPS) is 18.2. The van der Waals surface area contributed by atoms with Crippen LogP contribution >= 0.6 is 11.3 Å². The van der Waals surface area contributed by atoms with E-state index >= 15 is 0 Å². The number of aryl methyl sites for hydroxylation is 1. The summed E-state index contributed by atoms with van der Waals surface area (Å²) < 4.78 is 5.75. The number of amides is 3. The molecule has 2 aromatic heterocycles. The molecule has 56 heavy (non-hydrogen) atoms. The van der Waals surface area contributed by atoms with Crippen LogP contribution in [0.1, 0.15) is 38.4 Å². The second kappa shape index (κ2) is 17.7. The van der Waals surface area contributed by atoms with E-state index in [9.17, 15) is 24.6 Å². The van der Waals surface area contributed by atoms with Crippen LogP contribution in [-0.4, -0.2) is 124 Å². The molecule has 2 aliphatic rings. The molecule has 2 aromatic carbocycles. The third-order valence-corrected chi connectivity index (χ3v) is 11.2. The number of aliphatic hydroxyl groups is 1. The quantitative estimate of drug-likeness (QED) is 0.125. The number of rotatable bonds is 13. The van der Waals surface area contributed by atoms with E-state index in [1.54, 1.807) is 29.5 Å². The smallest absolute Gasteiger partial charge is 0.246 e. The minimum atomic E-state index is -0.948. The molecule has 16 heteroatoms. The number of nitrogens with two attached hydrogens (primary N) is 1. The number of aliphatic hydroxyl groups excluding tert-OH is 1. The van der Waals surface area contributed by atoms with Crippen LogP contribution < -0.4 is 21.3 Å². The van der Waals surface area contributed by atoms with Crippen LogP contribution in [-0.2, 0) is 25.7 Å². The van der Waals surface area contributed by atoms with Gasteiger partial charge in [0.05, 0.1) is 40.2 Å². The Labute approximate surface area is 330 Å². The fraction of sp³-hybridized carbons (Fsp3) is 0.450. The Morgan fingerprint density at radius 2 is 1.79 bits per heavy atom. The summed E-state index contributed by atoms with van der Waals surface area (Å²) in [6.45, 7) is 11.3. The molecule has 0 spiro atoms. The van der Waals surface area contributed by atoms with E-state index in [0.717, 1.165) is 40.5 Å². The number of piperazine rings is 1. The first-order valence-corrected chi connectivity index (χ1v) is 19.7. The zero-order valence-electron chi connectivity index (χ0n) is 32.3. The first-order valence-electron chi connectivity index (χ1n) is 18.8. The molecular weight excluding hydrogens is 735 g/mol. The highest BCUT2D eigenvalue weighted by Gasteiger charge is 2.44. The zero-order valence-corrected chi connectivity index (χ0v) is 33.1. The number of aromatic hydroxyl groups is 1. The Balaban J connectivity index is 0.959. The van der Waals surface area contributed by atoms with E-state index in [4.69, 9.17) is 10.5 Å². The first kappa shape index (κ1) is 40.5. The summed E-state index contributed by atoms with van der Waals surface area (Å²) in [6, 6.07) is 14.9. The fourth-order valence-electron chi connectivity index (χ4n) is 7.02. The number of nitrogen functional groups attached to an aromatic ring is 1. The first-order chi connectivity index (χ1) is 26.8. The van der Waals surface area contributed by atoms with Crippen molar-refractivity contribution in [2.45, 2.75) is 58.8 Å². The molecular formula is C40H51N9O6S. The van der Waals surface area contributed by atoms with Gasteiger partial charge in [0.1, 0.15) is 24.4 Å². The predicted molar refractivity (Wildman–Crippen MR) is 215 cm³/mol. The number of nitrogens with zero attached hydrogens (tertiary/aromatic N) is 6. The van der Waals surface area contributed by atoms with Gasteiger partial charge in [0, 0.05) is 57.8 Å². The standard InChI is InChI=1S/C40H51N9O6S/c1-25-35(56-24-43-25)27-11-9-26(10-12-27)21-42-38(53)32-19-28(50)22-49(32)39(54)36(40(2,3)4)44-34(52)23-55-18-17-47-13-15-48(16-14-47)31-20-30(45-46-37(31)41)29-7-5-6-8-33(29)51/h5-12,20,24,28,32,36,50-51H,13-19,21-23H2,1-4H3,(H2,41,46)(H,42,53)(H,44,52)/t28-,32+,36?/m1/s1. The van der Waals surface area contributed by atoms with E-state index in [0.29, 0.717) is 43.3 Å². The molecule has 3 amide bonds. The predicted octanol–water partition coefficient (Wildman–Crippen LogP) is 2.81. The highest BCUT2D eigenvalue weighted by molar-refractivity contribution is 7.13. The van der Waals surface area contributed by atoms with Crippen molar-refractivity contribution in [1.29, 1.82) is 0 Å². The number of ether oxygens (including phenoxy) is 1. The zero-order chi connectivity index (χ0) is 40.0. The summed E-state index contributed by atoms with van der Waals surface area (Å²) in [6.07, 6.45) is -0.756. The van der Waals surface area contributed by atoms with Gasteiger partial charge in [-0.1, -0.05) is 57.2 Å². The Morgan fingerprint density at radius 1 is 1.05 bits per heavy atom. The lowest BCUT2D eigenvalue weighted by atomic mass is 9.85. The van der Waals surface area contributed by atoms with Crippen molar-refractivity contribution >= 4 is 40.6 Å². The molecule has 4 heterocycles. The molecule has 0 bridgehead atoms. The van der Waals surface area contributed by atoms with Crippen molar-refractivity contribution in [2.24, 2.45) is 5.41 Å². The number of likely N-dealkylation sites (tertiary alicyclic amines) is 1. The Morgan fingerprint density at radius 3 is 2.46 bits per heavy atom. The molecule has 4 aromatic rings. The molecule has 2 saturated heterocycles. The van der Waals surface area contributed by atoms with Crippen LogP contribution in [0.4, 0.5) is 11.5 Å². The third-order valence-electron chi connectivity index (χ3n) is 10.2. The van der Waals surface area contributed by atoms with Gasteiger partial charge in [0.15, 0.2) is 5.82 Å². The van der Waals surface area contributed by atoms with E-state index in [1.165, 1.54) is 4.90 Å². The number of nitrogens with one attached hydrogen (secondary N) is 2. The van der Waals surface area contributed by atoms with E-state index in [-0.39, 0.29) is 37.8 Å². The van der Waals surface area contributed by atoms with Gasteiger partial charge in [-0.05, 0) is 41.7 Å². The number of aromatic nitrogens is 3. The van der Waals surface area contributed by atoms with E-state index in [2.05, 4.69) is 35.6 Å². The summed E-state index contributed by atoms with van der Waals surface area (Å²) in [5.74, 6) is -0.796. The maximum atomic E-state index is 14.0. The minimum absolute atomic E-state index is 0.00588. The molecule has 15 nitrogen and oxygen atoms in total. The minimum Gasteiger partial charge on any atom is -0.507 e. The molecule has 1 unspecified atom stereocenters. The van der Waals surface area contributed by atoms with Crippen molar-refractivity contribution < 1.29 is 29.3 Å². The molecule has 0 saturated carbocycles. The second-order valence-corrected chi connectivity index (χ2v) is 16.2. The van der Waals surface area contributed by atoms with Gasteiger partial charge >= 0.3 is 0 Å². The summed E-state index contributed by atoms with van der Waals surface area (Å²) in [7, 11) is 0. The Kier molecular flexibility index (Phi) is 12.8. The number of anilines is 2. The van der Waals surface area contributed by atoms with Crippen LogP contribution in [0, 0.1) is 12.3 Å². The van der Waals surface area contributed by atoms with Crippen molar-refractivity contribution in [2.75, 3.05) is 63.1 Å². The Hall–Kier alpha value is -5.16. The summed E-state index contributed by atoms with van der Waals surface area (Å²) in [4.78, 5) is 51.6. The SMILES string of the molecule is Cc1ncsc1-c1ccc(CNC(=O)[C@@H]2C[C@@H](O)CN2C(=O)C(NC(=O)COCCN2CCN(c3cc(-c4ccccc4O)nnc3N)CC2)C(C)(C)C)cc1. The van der Waals surface area contributed by atoms with Gasteiger partial charge < -0.3 is 41.1 Å². The summed E-state index contributed by atoms with van der Waals surface area (Å²) in [5.41, 5.74) is 12.1. The maximum Gasteiger partial charge on any atom is 0.246 e. The van der Waals surface area contributed by atoms with Crippen LogP contribution in [0.2, 0.25) is 0 Å². The van der Waals surface area contributed by atoms with Crippen LogP contribution in [0.5, 0.6) is 5.75 Å². The van der Waals surface area contributed by atoms with Gasteiger partial charge in [0.25, 0.3) is 0 Å². The second-order valence-electron chi connectivity index (χ2n) is 15.3. The van der Waals surface area contributed by atoms with Gasteiger partial charge in [-0.15, -0.1) is 21.5 Å². The Bertz CT molecular complexity index is 1990. The maximum absolute atomic E-state index is 14.0. The largest absolute Gasteiger partial charge is 0.507 e. The molecule has 298 valence electrons. The lowest BCUT2D eigenvalue weighted by Crippen LogP contribution is -2.58. The number of thiazole rings is 1. The topological polar surface area (TPSA) is 199 Å². The van der Waals surface area contributed by atoms with Crippen molar-refractivity contribution in [1.82, 2.24) is 35.6 Å². The number of benzene rings is 2. The average Bonchev–Trinajstić information content (AvgIpc) is 3.80. The number of β-amino-alcohol motifs (C(OH)–C–C–N with tert-alkyl or cyclic N) is 1. The van der Waals surface area contributed by atoms with Gasteiger partial charge in [-0.25, -0.2) is 4.98 Å². The molecule has 2 aliphatic heterocycles. The number of phenols is 1. The number of phenolic OH excluding ortho intramolecular Hbond substituents is 1.